The van der Waals surface area contributed by atoms with E-state index in [1.807, 2.05) is 61.5 Å². The molecule has 0 saturated carbocycles. The van der Waals surface area contributed by atoms with E-state index in [1.165, 1.54) is 28.0 Å². The van der Waals surface area contributed by atoms with Crippen molar-refractivity contribution in [3.8, 4) is 5.75 Å². The minimum absolute atomic E-state index is 0.0500. The number of nitrogens with one attached hydrogen (secondary N) is 1. The molecular formula is C29H27N3O5S2. The largest absolute Gasteiger partial charge is 0.497 e. The lowest BCUT2D eigenvalue weighted by molar-refractivity contribution is -0.153. The number of methoxy groups -OCH3 is 1. The summed E-state index contributed by atoms with van der Waals surface area (Å²) in [6.07, 6.45) is 3.93. The fourth-order valence-electron chi connectivity index (χ4n) is 4.35. The Morgan fingerprint density at radius 1 is 1.10 bits per heavy atom. The lowest BCUT2D eigenvalue weighted by Crippen LogP contribution is -2.70. The number of aryl methyl sites for hydroxylation is 1. The Hall–Kier alpha value is -3.89. The summed E-state index contributed by atoms with van der Waals surface area (Å²) in [6, 6.07) is 15.9. The van der Waals surface area contributed by atoms with Crippen LogP contribution in [0.3, 0.4) is 0 Å². The van der Waals surface area contributed by atoms with E-state index in [0.29, 0.717) is 17.1 Å². The quantitative estimate of drug-likeness (QED) is 0.310. The van der Waals surface area contributed by atoms with E-state index in [-0.39, 0.29) is 35.9 Å². The van der Waals surface area contributed by atoms with E-state index >= 15 is 0 Å². The third kappa shape index (κ3) is 5.91. The molecule has 1 N–H and O–H groups in total. The van der Waals surface area contributed by atoms with Crippen LogP contribution in [0.1, 0.15) is 21.7 Å². The van der Waals surface area contributed by atoms with Crippen molar-refractivity contribution in [2.45, 2.75) is 31.4 Å². The van der Waals surface area contributed by atoms with Crippen molar-refractivity contribution in [3.63, 3.8) is 0 Å². The Balaban J connectivity index is 1.34. The lowest BCUT2D eigenvalue weighted by Gasteiger charge is -2.49. The number of thiazole rings is 1. The first-order chi connectivity index (χ1) is 18.9. The molecule has 2 aliphatic heterocycles. The van der Waals surface area contributed by atoms with Crippen molar-refractivity contribution >= 4 is 47.0 Å². The molecule has 200 valence electrons. The van der Waals surface area contributed by atoms with Gasteiger partial charge in [-0.25, -0.2) is 9.78 Å². The van der Waals surface area contributed by atoms with Gasteiger partial charge in [-0.3, -0.25) is 14.5 Å². The number of β-lactam (4-membered cyclic amide) rings is 1. The number of rotatable bonds is 9. The van der Waals surface area contributed by atoms with Crippen LogP contribution in [0.4, 0.5) is 0 Å². The van der Waals surface area contributed by atoms with Gasteiger partial charge in [0, 0.05) is 10.6 Å². The van der Waals surface area contributed by atoms with Crippen LogP contribution in [-0.4, -0.2) is 51.9 Å². The van der Waals surface area contributed by atoms with Crippen molar-refractivity contribution in [1.82, 2.24) is 15.2 Å². The number of thioether (sulfide) groups is 1. The number of ether oxygens (including phenoxy) is 2. The zero-order chi connectivity index (χ0) is 27.4. The number of benzene rings is 2. The van der Waals surface area contributed by atoms with Gasteiger partial charge < -0.3 is 14.8 Å². The summed E-state index contributed by atoms with van der Waals surface area (Å²) in [4.78, 5) is 46.1. The van der Waals surface area contributed by atoms with Crippen LogP contribution in [0.2, 0.25) is 0 Å². The molecule has 2 amide bonds. The van der Waals surface area contributed by atoms with Gasteiger partial charge in [0.2, 0.25) is 5.91 Å². The lowest BCUT2D eigenvalue weighted by atomic mass is 10.0. The van der Waals surface area contributed by atoms with Crippen molar-refractivity contribution < 1.29 is 23.9 Å². The predicted octanol–water partition coefficient (Wildman–Crippen LogP) is 4.11. The van der Waals surface area contributed by atoms with Crippen LogP contribution in [0.25, 0.3) is 6.08 Å². The first-order valence-electron chi connectivity index (χ1n) is 12.3. The van der Waals surface area contributed by atoms with E-state index < -0.39 is 12.0 Å². The zero-order valence-electron chi connectivity index (χ0n) is 21.5. The molecule has 1 fully saturated rings. The van der Waals surface area contributed by atoms with Gasteiger partial charge in [0.15, 0.2) is 0 Å². The SMILES string of the molecule is COc1ccc(COC(=O)C2=C(/C=C\c3scnc3C)CSC3C(NC(=O)Cc4ccccc4)C(=O)N23)cc1. The third-order valence-electron chi connectivity index (χ3n) is 6.46. The second kappa shape index (κ2) is 11.9. The molecule has 1 saturated heterocycles. The van der Waals surface area contributed by atoms with E-state index in [2.05, 4.69) is 10.3 Å². The van der Waals surface area contributed by atoms with Crippen LogP contribution in [0.5, 0.6) is 5.75 Å². The summed E-state index contributed by atoms with van der Waals surface area (Å²) in [5.41, 5.74) is 5.22. The van der Waals surface area contributed by atoms with Crippen LogP contribution in [0, 0.1) is 6.92 Å². The fourth-order valence-corrected chi connectivity index (χ4v) is 6.36. The van der Waals surface area contributed by atoms with Gasteiger partial charge in [0.25, 0.3) is 5.91 Å². The standard InChI is InChI=1S/C29H27N3O5S2/c1-18-23(39-17-30-18)13-10-21-16-38-28-25(31-24(33)14-19-6-4-3-5-7-19)27(34)32(28)26(21)29(35)37-15-20-8-11-22(36-2)12-9-20/h3-13,17,25,28H,14-16H2,1-2H3,(H,31,33)/b13-10-. The van der Waals surface area contributed by atoms with E-state index in [1.54, 1.807) is 24.8 Å². The van der Waals surface area contributed by atoms with Crippen molar-refractivity contribution in [3.05, 3.63) is 99.2 Å². The molecule has 0 spiro atoms. The highest BCUT2D eigenvalue weighted by atomic mass is 32.2. The first-order valence-corrected chi connectivity index (χ1v) is 14.3. The smallest absolute Gasteiger partial charge is 0.355 e. The molecule has 8 nitrogen and oxygen atoms in total. The number of carbonyl (C=O) groups excluding carboxylic acids is 3. The molecule has 0 radical (unpaired) electrons. The van der Waals surface area contributed by atoms with Gasteiger partial charge >= 0.3 is 5.97 Å². The van der Waals surface area contributed by atoms with Gasteiger partial charge in [-0.1, -0.05) is 48.5 Å². The molecule has 5 rings (SSSR count). The van der Waals surface area contributed by atoms with E-state index in [4.69, 9.17) is 9.47 Å². The van der Waals surface area contributed by atoms with Crippen molar-refractivity contribution in [2.24, 2.45) is 0 Å². The highest BCUT2D eigenvalue weighted by Gasteiger charge is 2.54. The van der Waals surface area contributed by atoms with Gasteiger partial charge in [-0.15, -0.1) is 23.1 Å². The van der Waals surface area contributed by atoms with Gasteiger partial charge in [0.1, 0.15) is 29.5 Å². The second-order valence-electron chi connectivity index (χ2n) is 9.05. The number of aromatic nitrogens is 1. The Kier molecular flexibility index (Phi) is 8.13. The average Bonchev–Trinajstić information content (AvgIpc) is 3.38. The molecule has 3 aromatic rings. The Morgan fingerprint density at radius 3 is 2.56 bits per heavy atom. The molecule has 3 heterocycles. The van der Waals surface area contributed by atoms with Crippen LogP contribution in [0.15, 0.2) is 77.5 Å². The molecule has 1 aromatic heterocycles. The molecular weight excluding hydrogens is 534 g/mol. The summed E-state index contributed by atoms with van der Waals surface area (Å²) >= 11 is 3.01. The summed E-state index contributed by atoms with van der Waals surface area (Å²) in [6.45, 7) is 1.97. The number of hydrogen-bond donors (Lipinski definition) is 1. The van der Waals surface area contributed by atoms with Crippen molar-refractivity contribution in [2.75, 3.05) is 12.9 Å². The van der Waals surface area contributed by atoms with E-state index in [0.717, 1.165) is 21.7 Å². The number of carbonyl (C=O) groups is 3. The number of fused-ring (bicyclic) bond motifs is 1. The summed E-state index contributed by atoms with van der Waals surface area (Å²) in [7, 11) is 1.59. The predicted molar refractivity (Wildman–Crippen MR) is 151 cm³/mol. The Labute approximate surface area is 234 Å². The number of amides is 2. The van der Waals surface area contributed by atoms with Gasteiger partial charge in [-0.2, -0.15) is 0 Å². The highest BCUT2D eigenvalue weighted by Crippen LogP contribution is 2.41. The topological polar surface area (TPSA) is 97.8 Å². The zero-order valence-corrected chi connectivity index (χ0v) is 23.1. The van der Waals surface area contributed by atoms with Gasteiger partial charge in [0.05, 0.1) is 24.7 Å². The normalized spacial score (nSPS) is 18.5. The summed E-state index contributed by atoms with van der Waals surface area (Å²) in [5, 5.41) is 2.47. The number of hydrogen-bond acceptors (Lipinski definition) is 8. The van der Waals surface area contributed by atoms with Crippen LogP contribution >= 0.6 is 23.1 Å². The molecule has 39 heavy (non-hydrogen) atoms. The first kappa shape index (κ1) is 26.7. The summed E-state index contributed by atoms with van der Waals surface area (Å²) < 4.78 is 10.8. The monoisotopic (exact) mass is 561 g/mol. The fraction of sp³-hybridized carbons (Fsp3) is 0.241. The number of esters is 1. The molecule has 2 aromatic carbocycles. The molecule has 2 aliphatic rings. The molecule has 0 bridgehead atoms. The Bertz CT molecular complexity index is 1430. The van der Waals surface area contributed by atoms with E-state index in [9.17, 15) is 14.4 Å². The minimum atomic E-state index is -0.704. The number of nitrogens with zero attached hydrogens (tertiary/aromatic N) is 2. The maximum Gasteiger partial charge on any atom is 0.355 e. The Morgan fingerprint density at radius 2 is 1.87 bits per heavy atom. The highest BCUT2D eigenvalue weighted by molar-refractivity contribution is 8.00. The number of allylic oxidation sites excluding steroid dienone is 1. The molecule has 0 aliphatic carbocycles. The maximum atomic E-state index is 13.4. The maximum absolute atomic E-state index is 13.4. The third-order valence-corrected chi connectivity index (χ3v) is 8.66. The van der Waals surface area contributed by atoms with Crippen molar-refractivity contribution in [1.29, 1.82) is 0 Å². The molecule has 2 atom stereocenters. The average molecular weight is 562 g/mol. The van der Waals surface area contributed by atoms with Gasteiger partial charge in [-0.05, 0) is 41.8 Å². The molecule has 2 unspecified atom stereocenters. The van der Waals surface area contributed by atoms with Crippen LogP contribution < -0.4 is 10.1 Å². The van der Waals surface area contributed by atoms with Crippen LogP contribution in [-0.2, 0) is 32.1 Å². The second-order valence-corrected chi connectivity index (χ2v) is 11.0. The molecule has 10 heteroatoms. The summed E-state index contributed by atoms with van der Waals surface area (Å²) in [5.74, 6) is 0.0426. The minimum Gasteiger partial charge on any atom is -0.497 e.